The average molecular weight is 110 g/mol. The van der Waals surface area contributed by atoms with E-state index in [1.54, 1.807) is 0 Å². The second-order valence-electron chi connectivity index (χ2n) is 1.19. The van der Waals surface area contributed by atoms with Gasteiger partial charge in [-0.25, -0.2) is 0 Å². The van der Waals surface area contributed by atoms with Crippen LogP contribution in [-0.4, -0.2) is 16.7 Å². The molecule has 3 heteroatoms. The third-order valence-corrected chi connectivity index (χ3v) is 0.826. The smallest absolute Gasteiger partial charge is 0.106 e. The van der Waals surface area contributed by atoms with Crippen LogP contribution >= 0.6 is 11.6 Å². The third-order valence-electron chi connectivity index (χ3n) is 0.461. The van der Waals surface area contributed by atoms with Crippen molar-refractivity contribution in [1.82, 2.24) is 0 Å². The van der Waals surface area contributed by atoms with Gasteiger partial charge in [-0.05, 0) is 6.92 Å². The van der Waals surface area contributed by atoms with E-state index in [2.05, 4.69) is 0 Å². The zero-order valence-electron chi connectivity index (χ0n) is 3.56. The van der Waals surface area contributed by atoms with Crippen molar-refractivity contribution in [2.24, 2.45) is 5.73 Å². The second kappa shape index (κ2) is 2.39. The van der Waals surface area contributed by atoms with Crippen molar-refractivity contribution in [3.8, 4) is 0 Å². The van der Waals surface area contributed by atoms with Gasteiger partial charge in [0, 0.05) is 0 Å². The van der Waals surface area contributed by atoms with Crippen molar-refractivity contribution >= 4 is 11.6 Å². The van der Waals surface area contributed by atoms with Crippen LogP contribution in [0.2, 0.25) is 0 Å². The van der Waals surface area contributed by atoms with E-state index in [9.17, 15) is 0 Å². The van der Waals surface area contributed by atoms with E-state index >= 15 is 0 Å². The summed E-state index contributed by atoms with van der Waals surface area (Å²) >= 11 is 5.14. The average Bonchev–Trinajstić information content (AvgIpc) is 1.36. The molecule has 3 N–H and O–H groups in total. The van der Waals surface area contributed by atoms with Gasteiger partial charge in [-0.3, -0.25) is 0 Å². The van der Waals surface area contributed by atoms with E-state index in [0.29, 0.717) is 0 Å². The van der Waals surface area contributed by atoms with Crippen molar-refractivity contribution in [1.29, 1.82) is 0 Å². The molecule has 0 aromatic heterocycles. The van der Waals surface area contributed by atoms with Gasteiger partial charge in [0.25, 0.3) is 0 Å². The van der Waals surface area contributed by atoms with Gasteiger partial charge in [-0.1, -0.05) is 0 Å². The first kappa shape index (κ1) is 6.21. The maximum absolute atomic E-state index is 8.37. The van der Waals surface area contributed by atoms with E-state index in [1.807, 2.05) is 0 Å². The van der Waals surface area contributed by atoms with Gasteiger partial charge in [0.05, 0.1) is 6.10 Å². The molecule has 0 aromatic carbocycles. The van der Waals surface area contributed by atoms with Gasteiger partial charge in [-0.15, -0.1) is 11.6 Å². The first-order chi connectivity index (χ1) is 2.64. The Kier molecular flexibility index (Phi) is 2.48. The molecule has 2 unspecified atom stereocenters. The van der Waals surface area contributed by atoms with Crippen molar-refractivity contribution < 1.29 is 5.11 Å². The molecule has 2 atom stereocenters. The third kappa shape index (κ3) is 2.45. The highest BCUT2D eigenvalue weighted by Gasteiger charge is 2.00. The summed E-state index contributed by atoms with van der Waals surface area (Å²) in [4.78, 5) is 0. The first-order valence-electron chi connectivity index (χ1n) is 1.72. The minimum Gasteiger partial charge on any atom is -0.391 e. The monoisotopic (exact) mass is 109 g/mol. The Hall–Kier alpha value is 0.210. The van der Waals surface area contributed by atoms with Gasteiger partial charge in [-0.2, -0.15) is 0 Å². The van der Waals surface area contributed by atoms with Crippen LogP contribution in [0.3, 0.4) is 0 Å². The molecule has 0 heterocycles. The number of aliphatic hydroxyl groups excluding tert-OH is 1. The highest BCUT2D eigenvalue weighted by Crippen LogP contribution is 1.90. The summed E-state index contributed by atoms with van der Waals surface area (Å²) in [7, 11) is 0. The van der Waals surface area contributed by atoms with Crippen LogP contribution in [0, 0.1) is 0 Å². The Morgan fingerprint density at radius 3 is 2.00 bits per heavy atom. The zero-order valence-corrected chi connectivity index (χ0v) is 4.31. The molecule has 0 radical (unpaired) electrons. The lowest BCUT2D eigenvalue weighted by atomic mass is 10.4. The largest absolute Gasteiger partial charge is 0.391 e. The minimum atomic E-state index is -0.620. The standard InChI is InChI=1S/C3H8ClNO/c1-2(6)3(4)5/h2-3,6H,5H2,1H3. The number of rotatable bonds is 1. The van der Waals surface area contributed by atoms with Gasteiger partial charge < -0.3 is 10.8 Å². The lowest BCUT2D eigenvalue weighted by molar-refractivity contribution is 0.191. The Bertz CT molecular complexity index is 31.8. The summed E-state index contributed by atoms with van der Waals surface area (Å²) in [5, 5.41) is 8.37. The molecule has 0 aliphatic carbocycles. The number of aliphatic hydroxyl groups is 1. The fraction of sp³-hybridized carbons (Fsp3) is 1.00. The fourth-order valence-electron chi connectivity index (χ4n) is 0. The molecule has 38 valence electrons. The summed E-state index contributed by atoms with van der Waals surface area (Å²) in [5.41, 5.74) is 4.33. The molecule has 0 aliphatic heterocycles. The van der Waals surface area contributed by atoms with E-state index < -0.39 is 11.6 Å². The van der Waals surface area contributed by atoms with Gasteiger partial charge in [0.1, 0.15) is 5.50 Å². The molecule has 0 aromatic rings. The summed E-state index contributed by atoms with van der Waals surface area (Å²) in [6.07, 6.45) is -0.605. The lowest BCUT2D eigenvalue weighted by Gasteiger charge is -2.02. The van der Waals surface area contributed by atoms with Crippen LogP contribution in [0.4, 0.5) is 0 Å². The van der Waals surface area contributed by atoms with Crippen LogP contribution in [0.1, 0.15) is 6.92 Å². The molecule has 0 amide bonds. The number of hydrogen-bond donors (Lipinski definition) is 2. The maximum atomic E-state index is 8.37. The topological polar surface area (TPSA) is 46.2 Å². The second-order valence-corrected chi connectivity index (χ2v) is 1.69. The van der Waals surface area contributed by atoms with Crippen molar-refractivity contribution in [2.75, 3.05) is 0 Å². The van der Waals surface area contributed by atoms with Crippen LogP contribution in [-0.2, 0) is 0 Å². The van der Waals surface area contributed by atoms with Crippen LogP contribution < -0.4 is 5.73 Å². The highest BCUT2D eigenvalue weighted by atomic mass is 35.5. The molecule has 0 aliphatic rings. The number of nitrogens with two attached hydrogens (primary N) is 1. The summed E-state index contributed by atoms with van der Waals surface area (Å²) in [6, 6.07) is 0. The van der Waals surface area contributed by atoms with Crippen molar-refractivity contribution in [2.45, 2.75) is 18.5 Å². The maximum Gasteiger partial charge on any atom is 0.106 e. The SMILES string of the molecule is CC(O)C(N)Cl. The Morgan fingerprint density at radius 1 is 1.83 bits per heavy atom. The molecule has 0 rings (SSSR count). The number of hydrogen-bond acceptors (Lipinski definition) is 2. The molecular weight excluding hydrogens is 101 g/mol. The Balaban J connectivity index is 2.99. The first-order valence-corrected chi connectivity index (χ1v) is 2.16. The van der Waals surface area contributed by atoms with Crippen molar-refractivity contribution in [3.05, 3.63) is 0 Å². The zero-order chi connectivity index (χ0) is 5.15. The van der Waals surface area contributed by atoms with Crippen molar-refractivity contribution in [3.63, 3.8) is 0 Å². The van der Waals surface area contributed by atoms with Gasteiger partial charge >= 0.3 is 0 Å². The lowest BCUT2D eigenvalue weighted by Crippen LogP contribution is -2.25. The van der Waals surface area contributed by atoms with E-state index in [-0.39, 0.29) is 0 Å². The quantitative estimate of drug-likeness (QED) is 0.365. The molecule has 2 nitrogen and oxygen atoms in total. The normalized spacial score (nSPS) is 20.0. The molecule has 0 bridgehead atoms. The Morgan fingerprint density at radius 2 is 2.00 bits per heavy atom. The molecule has 0 spiro atoms. The van der Waals surface area contributed by atoms with Gasteiger partial charge in [0.15, 0.2) is 0 Å². The number of halogens is 1. The summed E-state index contributed by atoms with van der Waals surface area (Å²) in [6.45, 7) is 1.54. The molecule has 0 saturated carbocycles. The predicted molar refractivity (Wildman–Crippen MR) is 25.5 cm³/mol. The number of alkyl halides is 1. The fourth-order valence-corrected chi connectivity index (χ4v) is 0. The van der Waals surface area contributed by atoms with Gasteiger partial charge in [0.2, 0.25) is 0 Å². The molecule has 0 saturated heterocycles. The molecule has 0 fully saturated rings. The Labute approximate surface area is 41.9 Å². The summed E-state index contributed by atoms with van der Waals surface area (Å²) in [5.74, 6) is 0. The summed E-state index contributed by atoms with van der Waals surface area (Å²) < 4.78 is 0. The van der Waals surface area contributed by atoms with Crippen LogP contribution in [0.25, 0.3) is 0 Å². The highest BCUT2D eigenvalue weighted by molar-refractivity contribution is 6.20. The molecule has 6 heavy (non-hydrogen) atoms. The van der Waals surface area contributed by atoms with E-state index in [1.165, 1.54) is 6.92 Å². The predicted octanol–water partition coefficient (Wildman–Crippen LogP) is -0.109. The minimum absolute atomic E-state index is 0.605. The van der Waals surface area contributed by atoms with Crippen LogP contribution in [0.5, 0.6) is 0 Å². The van der Waals surface area contributed by atoms with Crippen LogP contribution in [0.15, 0.2) is 0 Å². The molecular formula is C3H8ClNO. The van der Waals surface area contributed by atoms with E-state index in [0.717, 1.165) is 0 Å². The van der Waals surface area contributed by atoms with E-state index in [4.69, 9.17) is 22.4 Å².